The molecule has 0 bridgehead atoms. The Hall–Kier alpha value is 1.45. The Labute approximate surface area is 101 Å². The molecule has 1 nitrogen and oxygen atoms in total. The molecule has 0 fully saturated rings. The van der Waals surface area contributed by atoms with Crippen molar-refractivity contribution in [2.45, 2.75) is 13.2 Å². The maximum atomic E-state index is 11.5. The molecule has 0 spiro atoms. The van der Waals surface area contributed by atoms with Gasteiger partial charge >= 0.3 is 58.4 Å². The van der Waals surface area contributed by atoms with Crippen molar-refractivity contribution < 1.29 is 64.3 Å². The molecule has 0 amide bonds. The first-order valence-electron chi connectivity index (χ1n) is 2.86. The molecule has 0 saturated carbocycles. The Kier molecular flexibility index (Phi) is 8.43. The quantitative estimate of drug-likeness (QED) is 0.520. The molecule has 0 radical (unpaired) electrons. The molecule has 56 valence electrons. The van der Waals surface area contributed by atoms with Gasteiger partial charge in [-0.15, -0.1) is 0 Å². The van der Waals surface area contributed by atoms with Gasteiger partial charge in [0.2, 0.25) is 0 Å². The number of hydrogen-bond acceptors (Lipinski definition) is 1. The Bertz CT molecular complexity index is 87.1. The Balaban J connectivity index is 0. The van der Waals surface area contributed by atoms with Gasteiger partial charge in [0.25, 0.3) is 0 Å². The predicted molar refractivity (Wildman–Crippen MR) is 32.1 cm³/mol. The summed E-state index contributed by atoms with van der Waals surface area (Å²) in [6.45, 7) is -3.02. The third-order valence-electron chi connectivity index (χ3n) is 1.07. The molecule has 0 aromatic heterocycles. The summed E-state index contributed by atoms with van der Waals surface area (Å²) >= 11 is 0. The van der Waals surface area contributed by atoms with Crippen molar-refractivity contribution in [1.82, 2.24) is 0 Å². The van der Waals surface area contributed by atoms with Crippen molar-refractivity contribution in [1.29, 1.82) is 0 Å². The minimum absolute atomic E-state index is 0. The first-order valence-corrected chi connectivity index (χ1v) is 2.86. The van der Waals surface area contributed by atoms with E-state index in [1.807, 2.05) is 0 Å². The molecule has 2 N–H and O–H groups in total. The fraction of sp³-hybridized carbons (Fsp3) is 1.00. The SMILES string of the molecule is CC(CN)C[B-](F)(F)F.[K+]. The van der Waals surface area contributed by atoms with Gasteiger partial charge in [-0.1, -0.05) is 19.2 Å². The standard InChI is InChI=1S/C4H10BF3N.K/c1-4(3-9)2-5(6,7)8;/h4H,2-3,9H2,1H3;/q-1;+1. The van der Waals surface area contributed by atoms with E-state index in [-0.39, 0.29) is 57.9 Å². The summed E-state index contributed by atoms with van der Waals surface area (Å²) in [5.74, 6) is -0.426. The molecular weight excluding hydrogens is 169 g/mol. The van der Waals surface area contributed by atoms with Crippen LogP contribution < -0.4 is 57.1 Å². The van der Waals surface area contributed by atoms with E-state index in [1.165, 1.54) is 6.92 Å². The average Bonchev–Trinajstić information content (AvgIpc) is 1.62. The van der Waals surface area contributed by atoms with Crippen molar-refractivity contribution in [2.75, 3.05) is 6.54 Å². The summed E-state index contributed by atoms with van der Waals surface area (Å²) in [5, 5.41) is 0. The molecule has 0 rings (SSSR count). The summed E-state index contributed by atoms with van der Waals surface area (Å²) in [6, 6.07) is 0. The second-order valence-corrected chi connectivity index (χ2v) is 2.29. The van der Waals surface area contributed by atoms with Gasteiger partial charge < -0.3 is 18.7 Å². The van der Waals surface area contributed by atoms with Crippen molar-refractivity contribution in [2.24, 2.45) is 11.7 Å². The second kappa shape index (κ2) is 6.02. The Morgan fingerprint density at radius 1 is 1.40 bits per heavy atom. The monoisotopic (exact) mass is 179 g/mol. The van der Waals surface area contributed by atoms with Crippen molar-refractivity contribution in [3.05, 3.63) is 0 Å². The summed E-state index contributed by atoms with van der Waals surface area (Å²) in [6.07, 6.45) is -0.712. The van der Waals surface area contributed by atoms with Gasteiger partial charge in [-0.05, 0) is 6.54 Å². The third-order valence-corrected chi connectivity index (χ3v) is 1.07. The van der Waals surface area contributed by atoms with Crippen molar-refractivity contribution in [3.63, 3.8) is 0 Å². The topological polar surface area (TPSA) is 26.0 Å². The van der Waals surface area contributed by atoms with Crippen LogP contribution in [-0.4, -0.2) is 13.5 Å². The van der Waals surface area contributed by atoms with Crippen LogP contribution in [0.3, 0.4) is 0 Å². The fourth-order valence-electron chi connectivity index (χ4n) is 0.552. The molecule has 0 aliphatic carbocycles. The van der Waals surface area contributed by atoms with Crippen LogP contribution in [0.25, 0.3) is 0 Å². The minimum atomic E-state index is -4.63. The molecule has 1 unspecified atom stereocenters. The molecule has 0 aromatic carbocycles. The van der Waals surface area contributed by atoms with Crippen LogP contribution in [0.15, 0.2) is 0 Å². The van der Waals surface area contributed by atoms with Crippen LogP contribution in [0.2, 0.25) is 6.32 Å². The van der Waals surface area contributed by atoms with E-state index in [0.29, 0.717) is 0 Å². The van der Waals surface area contributed by atoms with E-state index in [0.717, 1.165) is 0 Å². The van der Waals surface area contributed by atoms with Crippen LogP contribution in [0.1, 0.15) is 6.92 Å². The van der Waals surface area contributed by atoms with Crippen molar-refractivity contribution in [3.8, 4) is 0 Å². The number of halogens is 3. The number of rotatable bonds is 3. The van der Waals surface area contributed by atoms with Gasteiger partial charge in [0.15, 0.2) is 0 Å². The Morgan fingerprint density at radius 2 is 1.80 bits per heavy atom. The van der Waals surface area contributed by atoms with Gasteiger partial charge in [-0.2, -0.15) is 0 Å². The molecular formula is C4H10BF3KN. The van der Waals surface area contributed by atoms with E-state index in [9.17, 15) is 12.9 Å². The summed E-state index contributed by atoms with van der Waals surface area (Å²) in [5.41, 5.74) is 4.99. The number of nitrogens with two attached hydrogens (primary N) is 1. The molecule has 0 aliphatic heterocycles. The normalized spacial score (nSPS) is 14.1. The van der Waals surface area contributed by atoms with Gasteiger partial charge in [0, 0.05) is 0 Å². The zero-order chi connectivity index (χ0) is 7.49. The first kappa shape index (κ1) is 14.0. The van der Waals surface area contributed by atoms with Gasteiger partial charge in [0.05, 0.1) is 0 Å². The van der Waals surface area contributed by atoms with Gasteiger partial charge in [-0.3, -0.25) is 0 Å². The fourth-order valence-corrected chi connectivity index (χ4v) is 0.552. The van der Waals surface area contributed by atoms with Crippen molar-refractivity contribution >= 4 is 6.98 Å². The largest absolute Gasteiger partial charge is 1.00 e. The van der Waals surface area contributed by atoms with E-state index >= 15 is 0 Å². The van der Waals surface area contributed by atoms with E-state index < -0.39 is 19.2 Å². The maximum absolute atomic E-state index is 11.5. The number of hydrogen-bond donors (Lipinski definition) is 1. The van der Waals surface area contributed by atoms with Crippen LogP contribution in [0, 0.1) is 5.92 Å². The Morgan fingerprint density at radius 3 is 1.90 bits per heavy atom. The molecule has 6 heteroatoms. The van der Waals surface area contributed by atoms with Crippen LogP contribution in [0.4, 0.5) is 12.9 Å². The van der Waals surface area contributed by atoms with Gasteiger partial charge in [0.1, 0.15) is 0 Å². The molecule has 0 aliphatic rings. The van der Waals surface area contributed by atoms with Crippen LogP contribution in [-0.2, 0) is 0 Å². The predicted octanol–water partition coefficient (Wildman–Crippen LogP) is -1.57. The maximum Gasteiger partial charge on any atom is 1.00 e. The molecule has 1 atom stereocenters. The second-order valence-electron chi connectivity index (χ2n) is 2.29. The summed E-state index contributed by atoms with van der Waals surface area (Å²) in [7, 11) is 0. The zero-order valence-electron chi connectivity index (χ0n) is 6.28. The summed E-state index contributed by atoms with van der Waals surface area (Å²) < 4.78 is 34.5. The zero-order valence-corrected chi connectivity index (χ0v) is 9.40. The van der Waals surface area contributed by atoms with E-state index in [2.05, 4.69) is 0 Å². The smallest absolute Gasteiger partial charge is 0.449 e. The average molecular weight is 179 g/mol. The molecule has 10 heavy (non-hydrogen) atoms. The van der Waals surface area contributed by atoms with E-state index in [4.69, 9.17) is 5.73 Å². The van der Waals surface area contributed by atoms with E-state index in [1.54, 1.807) is 0 Å². The van der Waals surface area contributed by atoms with Crippen LogP contribution >= 0.6 is 0 Å². The molecule has 0 heterocycles. The third kappa shape index (κ3) is 9.45. The molecule has 0 aromatic rings. The van der Waals surface area contributed by atoms with Gasteiger partial charge in [-0.25, -0.2) is 0 Å². The van der Waals surface area contributed by atoms with Crippen LogP contribution in [0.5, 0.6) is 0 Å². The first-order chi connectivity index (χ1) is 3.95. The summed E-state index contributed by atoms with van der Waals surface area (Å²) in [4.78, 5) is 0. The minimum Gasteiger partial charge on any atom is -0.449 e. The molecule has 0 saturated heterocycles.